The van der Waals surface area contributed by atoms with E-state index in [-0.39, 0.29) is 17.0 Å². The lowest BCUT2D eigenvalue weighted by atomic mass is 9.85. The summed E-state index contributed by atoms with van der Waals surface area (Å²) in [7, 11) is 0. The number of imide groups is 1. The molecular weight excluding hydrogens is 419 g/mol. The summed E-state index contributed by atoms with van der Waals surface area (Å²) in [6.45, 7) is 1.82. The van der Waals surface area contributed by atoms with Crippen LogP contribution in [0.25, 0.3) is 0 Å². The van der Waals surface area contributed by atoms with Gasteiger partial charge < -0.3 is 4.90 Å². The maximum Gasteiger partial charge on any atom is 0.262 e. The van der Waals surface area contributed by atoms with Crippen molar-refractivity contribution in [1.82, 2.24) is 4.90 Å². The fourth-order valence-electron chi connectivity index (χ4n) is 4.33. The zero-order valence-corrected chi connectivity index (χ0v) is 17.1. The van der Waals surface area contributed by atoms with Gasteiger partial charge in [-0.15, -0.1) is 0 Å². The molecule has 5 nitrogen and oxygen atoms in total. The first-order valence-electron chi connectivity index (χ1n) is 9.70. The molecule has 0 spiro atoms. The van der Waals surface area contributed by atoms with Gasteiger partial charge in [0.1, 0.15) is 11.9 Å². The van der Waals surface area contributed by atoms with Crippen molar-refractivity contribution in [3.63, 3.8) is 0 Å². The minimum atomic E-state index is -1.02. The normalized spacial score (nSPS) is 20.2. The van der Waals surface area contributed by atoms with Crippen LogP contribution in [-0.4, -0.2) is 28.7 Å². The van der Waals surface area contributed by atoms with E-state index in [4.69, 9.17) is 11.6 Å². The van der Waals surface area contributed by atoms with Crippen molar-refractivity contribution in [2.45, 2.75) is 19.0 Å². The smallest absolute Gasteiger partial charge is 0.262 e. The van der Waals surface area contributed by atoms with Gasteiger partial charge in [-0.05, 0) is 60.5 Å². The second-order valence-electron chi connectivity index (χ2n) is 7.61. The molecule has 2 aliphatic heterocycles. The molecule has 0 unspecified atom stereocenters. The quantitative estimate of drug-likeness (QED) is 0.449. The van der Waals surface area contributed by atoms with Crippen LogP contribution in [-0.2, 0) is 4.79 Å². The summed E-state index contributed by atoms with van der Waals surface area (Å²) in [5.41, 5.74) is 2.57. The van der Waals surface area contributed by atoms with E-state index in [1.165, 1.54) is 17.0 Å². The van der Waals surface area contributed by atoms with E-state index in [0.717, 1.165) is 10.5 Å². The van der Waals surface area contributed by atoms with Crippen LogP contribution in [0.5, 0.6) is 0 Å². The van der Waals surface area contributed by atoms with Crippen molar-refractivity contribution >= 4 is 35.0 Å². The van der Waals surface area contributed by atoms with Crippen LogP contribution >= 0.6 is 11.6 Å². The molecule has 1 fully saturated rings. The Hall–Kier alpha value is -3.51. The lowest BCUT2D eigenvalue weighted by molar-refractivity contribution is -0.130. The van der Waals surface area contributed by atoms with Crippen molar-refractivity contribution in [3.8, 4) is 0 Å². The largest absolute Gasteiger partial charge is 0.300 e. The Morgan fingerprint density at radius 3 is 2.00 bits per heavy atom. The molecule has 154 valence electrons. The molecule has 7 heteroatoms. The number of carbonyl (C=O) groups is 3. The predicted octanol–water partition coefficient (Wildman–Crippen LogP) is 4.54. The van der Waals surface area contributed by atoms with E-state index in [9.17, 15) is 18.8 Å². The van der Waals surface area contributed by atoms with Crippen molar-refractivity contribution < 1.29 is 18.8 Å². The van der Waals surface area contributed by atoms with Gasteiger partial charge in [-0.1, -0.05) is 35.9 Å². The Morgan fingerprint density at radius 1 is 0.806 bits per heavy atom. The van der Waals surface area contributed by atoms with Crippen LogP contribution in [0, 0.1) is 12.7 Å². The summed E-state index contributed by atoms with van der Waals surface area (Å²) < 4.78 is 13.6. The lowest BCUT2D eigenvalue weighted by Crippen LogP contribution is -2.67. The molecule has 0 bridgehead atoms. The summed E-state index contributed by atoms with van der Waals surface area (Å²) in [6, 6.07) is 15.7. The number of benzene rings is 3. The Morgan fingerprint density at radius 2 is 1.42 bits per heavy atom. The fraction of sp³-hybridized carbons (Fsp3) is 0.125. The van der Waals surface area contributed by atoms with E-state index >= 15 is 0 Å². The lowest BCUT2D eigenvalue weighted by Gasteiger charge is -2.50. The number of aryl methyl sites for hydroxylation is 1. The molecule has 0 N–H and O–H groups in total. The van der Waals surface area contributed by atoms with Gasteiger partial charge in [0.25, 0.3) is 17.7 Å². The summed E-state index contributed by atoms with van der Waals surface area (Å²) in [6.07, 6.45) is 0. The number of rotatable bonds is 3. The molecule has 3 aromatic carbocycles. The van der Waals surface area contributed by atoms with E-state index < -0.39 is 29.7 Å². The zero-order chi connectivity index (χ0) is 21.9. The van der Waals surface area contributed by atoms with Gasteiger partial charge in [-0.3, -0.25) is 19.3 Å². The van der Waals surface area contributed by atoms with E-state index in [1.54, 1.807) is 54.6 Å². The number of hydrogen-bond donors (Lipinski definition) is 0. The number of β-lactam (4-membered cyclic amide) rings is 1. The number of anilines is 1. The predicted molar refractivity (Wildman–Crippen MR) is 114 cm³/mol. The molecule has 31 heavy (non-hydrogen) atoms. The molecule has 0 aromatic heterocycles. The standard InChI is InChI=1S/C24H16ClFN2O3/c1-13-12-15(25)8-11-19(13)27-20(14-6-9-16(26)10-7-14)21(24(27)31)28-22(29)17-4-2-3-5-18(17)23(28)30/h2-12,20-21H,1H3/t20-,21+/m0/s1. The highest BCUT2D eigenvalue weighted by Gasteiger charge is 2.57. The van der Waals surface area contributed by atoms with Gasteiger partial charge in [0, 0.05) is 10.7 Å². The molecule has 0 saturated carbocycles. The molecule has 3 amide bonds. The summed E-state index contributed by atoms with van der Waals surface area (Å²) >= 11 is 6.07. The Labute approximate surface area is 182 Å². The monoisotopic (exact) mass is 434 g/mol. The molecule has 0 radical (unpaired) electrons. The van der Waals surface area contributed by atoms with E-state index in [0.29, 0.717) is 16.3 Å². The highest BCUT2D eigenvalue weighted by molar-refractivity contribution is 6.30. The second kappa shape index (κ2) is 7.03. The molecule has 2 atom stereocenters. The van der Waals surface area contributed by atoms with Crippen molar-refractivity contribution in [3.05, 3.63) is 99.8 Å². The van der Waals surface area contributed by atoms with Gasteiger partial charge in [-0.25, -0.2) is 4.39 Å². The Bertz CT molecular complexity index is 1220. The second-order valence-corrected chi connectivity index (χ2v) is 8.04. The molecular formula is C24H16ClFN2O3. The number of halogens is 2. The maximum absolute atomic E-state index is 13.6. The van der Waals surface area contributed by atoms with E-state index in [1.807, 2.05) is 6.92 Å². The van der Waals surface area contributed by atoms with Crippen LogP contribution in [0.3, 0.4) is 0 Å². The summed E-state index contributed by atoms with van der Waals surface area (Å²) in [5, 5.41) is 0.532. The molecule has 2 aliphatic rings. The number of amides is 3. The topological polar surface area (TPSA) is 57.7 Å². The Kier molecular flexibility index (Phi) is 4.41. The highest BCUT2D eigenvalue weighted by atomic mass is 35.5. The van der Waals surface area contributed by atoms with Crippen molar-refractivity contribution in [1.29, 1.82) is 0 Å². The first-order chi connectivity index (χ1) is 14.9. The molecule has 0 aliphatic carbocycles. The third-order valence-corrected chi connectivity index (χ3v) is 6.04. The van der Waals surface area contributed by atoms with Crippen molar-refractivity contribution in [2.24, 2.45) is 0 Å². The third kappa shape index (κ3) is 2.86. The number of fused-ring (bicyclic) bond motifs is 1. The average Bonchev–Trinajstić information content (AvgIpc) is 3.00. The van der Waals surface area contributed by atoms with Crippen LogP contribution in [0.1, 0.15) is 37.9 Å². The van der Waals surface area contributed by atoms with Gasteiger partial charge in [0.05, 0.1) is 17.2 Å². The average molecular weight is 435 g/mol. The van der Waals surface area contributed by atoms with Gasteiger partial charge in [-0.2, -0.15) is 0 Å². The minimum Gasteiger partial charge on any atom is -0.300 e. The van der Waals surface area contributed by atoms with Crippen LogP contribution in [0.4, 0.5) is 10.1 Å². The van der Waals surface area contributed by atoms with E-state index in [2.05, 4.69) is 0 Å². The third-order valence-electron chi connectivity index (χ3n) is 5.80. The highest BCUT2D eigenvalue weighted by Crippen LogP contribution is 2.45. The zero-order valence-electron chi connectivity index (χ0n) is 16.4. The van der Waals surface area contributed by atoms with Crippen LogP contribution < -0.4 is 4.90 Å². The molecule has 3 aromatic rings. The van der Waals surface area contributed by atoms with Gasteiger partial charge in [0.2, 0.25) is 0 Å². The number of carbonyl (C=O) groups excluding carboxylic acids is 3. The first-order valence-corrected chi connectivity index (χ1v) is 10.1. The number of hydrogen-bond acceptors (Lipinski definition) is 3. The Balaban J connectivity index is 1.61. The first kappa shape index (κ1) is 19.5. The number of nitrogens with zero attached hydrogens (tertiary/aromatic N) is 2. The van der Waals surface area contributed by atoms with Crippen LogP contribution in [0.15, 0.2) is 66.7 Å². The maximum atomic E-state index is 13.6. The summed E-state index contributed by atoms with van der Waals surface area (Å²) in [4.78, 5) is 42.0. The van der Waals surface area contributed by atoms with Crippen molar-refractivity contribution in [2.75, 3.05) is 4.90 Å². The minimum absolute atomic E-state index is 0.277. The fourth-order valence-corrected chi connectivity index (χ4v) is 4.56. The van der Waals surface area contributed by atoms with Gasteiger partial charge >= 0.3 is 0 Å². The SMILES string of the molecule is Cc1cc(Cl)ccc1N1C(=O)[C@H](N2C(=O)c3ccccc3C2=O)[C@@H]1c1ccc(F)cc1. The molecule has 2 heterocycles. The molecule has 1 saturated heterocycles. The molecule has 5 rings (SSSR count). The summed E-state index contributed by atoms with van der Waals surface area (Å²) in [5.74, 6) is -1.80. The van der Waals surface area contributed by atoms with Crippen LogP contribution in [0.2, 0.25) is 5.02 Å². The van der Waals surface area contributed by atoms with Gasteiger partial charge in [0.15, 0.2) is 0 Å².